The Kier molecular flexibility index (Phi) is 4.73. The summed E-state index contributed by atoms with van der Waals surface area (Å²) < 4.78 is 4.91. The predicted molar refractivity (Wildman–Crippen MR) is 59.4 cm³/mol. The van der Waals surface area contributed by atoms with Crippen LogP contribution in [-0.4, -0.2) is 20.3 Å². The van der Waals surface area contributed by atoms with E-state index in [1.165, 1.54) is 0 Å². The fraction of sp³-hybridized carbons (Fsp3) is 0.400. The molecule has 0 bridgehead atoms. The SMILES string of the molecule is COCCNCc1ccc(Cl)c(N)c1. The Morgan fingerprint density at radius 2 is 2.29 bits per heavy atom. The number of hydrogen-bond acceptors (Lipinski definition) is 3. The van der Waals surface area contributed by atoms with E-state index in [4.69, 9.17) is 22.1 Å². The smallest absolute Gasteiger partial charge is 0.0635 e. The molecule has 4 heteroatoms. The topological polar surface area (TPSA) is 47.3 Å². The lowest BCUT2D eigenvalue weighted by Gasteiger charge is -2.05. The molecule has 3 nitrogen and oxygen atoms in total. The van der Waals surface area contributed by atoms with Crippen molar-refractivity contribution in [1.82, 2.24) is 5.32 Å². The Morgan fingerprint density at radius 1 is 1.50 bits per heavy atom. The zero-order valence-corrected chi connectivity index (χ0v) is 8.97. The van der Waals surface area contributed by atoms with Gasteiger partial charge in [-0.05, 0) is 17.7 Å². The zero-order valence-electron chi connectivity index (χ0n) is 8.22. The first-order chi connectivity index (χ1) is 6.74. The van der Waals surface area contributed by atoms with Gasteiger partial charge in [-0.15, -0.1) is 0 Å². The lowest BCUT2D eigenvalue weighted by Crippen LogP contribution is -2.18. The molecular formula is C10H15ClN2O. The fourth-order valence-electron chi connectivity index (χ4n) is 1.11. The van der Waals surface area contributed by atoms with E-state index in [0.29, 0.717) is 17.3 Å². The summed E-state index contributed by atoms with van der Waals surface area (Å²) >= 11 is 5.80. The maximum absolute atomic E-state index is 5.80. The summed E-state index contributed by atoms with van der Waals surface area (Å²) in [5, 5.41) is 3.83. The summed E-state index contributed by atoms with van der Waals surface area (Å²) in [5.74, 6) is 0. The van der Waals surface area contributed by atoms with Crippen molar-refractivity contribution in [2.45, 2.75) is 6.54 Å². The highest BCUT2D eigenvalue weighted by molar-refractivity contribution is 6.33. The van der Waals surface area contributed by atoms with Gasteiger partial charge in [-0.2, -0.15) is 0 Å². The van der Waals surface area contributed by atoms with Gasteiger partial charge >= 0.3 is 0 Å². The fourth-order valence-corrected chi connectivity index (χ4v) is 1.23. The van der Waals surface area contributed by atoms with Crippen LogP contribution in [0.5, 0.6) is 0 Å². The van der Waals surface area contributed by atoms with Crippen molar-refractivity contribution in [3.05, 3.63) is 28.8 Å². The van der Waals surface area contributed by atoms with Crippen LogP contribution in [0.4, 0.5) is 5.69 Å². The van der Waals surface area contributed by atoms with Crippen molar-refractivity contribution in [1.29, 1.82) is 0 Å². The van der Waals surface area contributed by atoms with Crippen LogP contribution in [0.25, 0.3) is 0 Å². The van der Waals surface area contributed by atoms with Crippen LogP contribution in [0.1, 0.15) is 5.56 Å². The van der Waals surface area contributed by atoms with E-state index >= 15 is 0 Å². The molecule has 0 saturated heterocycles. The monoisotopic (exact) mass is 214 g/mol. The third kappa shape index (κ3) is 3.54. The third-order valence-electron chi connectivity index (χ3n) is 1.87. The molecule has 0 aliphatic carbocycles. The van der Waals surface area contributed by atoms with Gasteiger partial charge in [-0.3, -0.25) is 0 Å². The summed E-state index contributed by atoms with van der Waals surface area (Å²) in [6.45, 7) is 2.33. The molecule has 14 heavy (non-hydrogen) atoms. The summed E-state index contributed by atoms with van der Waals surface area (Å²) in [7, 11) is 1.68. The number of anilines is 1. The maximum atomic E-state index is 5.80. The Labute approximate surface area is 89.2 Å². The first kappa shape index (κ1) is 11.3. The first-order valence-corrected chi connectivity index (χ1v) is 4.85. The van der Waals surface area contributed by atoms with Crippen molar-refractivity contribution in [3.63, 3.8) is 0 Å². The minimum Gasteiger partial charge on any atom is -0.398 e. The first-order valence-electron chi connectivity index (χ1n) is 4.47. The molecule has 0 aliphatic heterocycles. The van der Waals surface area contributed by atoms with Crippen molar-refractivity contribution in [3.8, 4) is 0 Å². The standard InChI is InChI=1S/C10H15ClN2O/c1-14-5-4-13-7-8-2-3-9(11)10(12)6-8/h2-3,6,13H,4-5,7,12H2,1H3. The van der Waals surface area contributed by atoms with E-state index in [1.54, 1.807) is 7.11 Å². The molecule has 1 aromatic rings. The van der Waals surface area contributed by atoms with Gasteiger partial charge in [0.05, 0.1) is 17.3 Å². The Morgan fingerprint density at radius 3 is 2.93 bits per heavy atom. The van der Waals surface area contributed by atoms with Gasteiger partial charge in [0.15, 0.2) is 0 Å². The number of nitrogens with one attached hydrogen (secondary N) is 1. The number of rotatable bonds is 5. The Balaban J connectivity index is 2.39. The second-order valence-corrected chi connectivity index (χ2v) is 3.43. The van der Waals surface area contributed by atoms with E-state index < -0.39 is 0 Å². The quantitative estimate of drug-likeness (QED) is 0.579. The maximum Gasteiger partial charge on any atom is 0.0635 e. The summed E-state index contributed by atoms with van der Waals surface area (Å²) in [6.07, 6.45) is 0. The highest BCUT2D eigenvalue weighted by atomic mass is 35.5. The zero-order chi connectivity index (χ0) is 10.4. The molecule has 0 spiro atoms. The minimum absolute atomic E-state index is 0.602. The third-order valence-corrected chi connectivity index (χ3v) is 2.22. The lowest BCUT2D eigenvalue weighted by atomic mass is 10.2. The minimum atomic E-state index is 0.602. The van der Waals surface area contributed by atoms with Crippen LogP contribution < -0.4 is 11.1 Å². The van der Waals surface area contributed by atoms with E-state index in [-0.39, 0.29) is 0 Å². The average molecular weight is 215 g/mol. The van der Waals surface area contributed by atoms with Crippen LogP contribution in [0.2, 0.25) is 5.02 Å². The molecular weight excluding hydrogens is 200 g/mol. The number of nitrogens with two attached hydrogens (primary N) is 1. The van der Waals surface area contributed by atoms with Gasteiger partial charge in [0.25, 0.3) is 0 Å². The van der Waals surface area contributed by atoms with Crippen molar-refractivity contribution in [2.24, 2.45) is 0 Å². The van der Waals surface area contributed by atoms with Gasteiger partial charge in [-0.1, -0.05) is 17.7 Å². The number of hydrogen-bond donors (Lipinski definition) is 2. The molecule has 78 valence electrons. The summed E-state index contributed by atoms with van der Waals surface area (Å²) in [6, 6.07) is 5.64. The van der Waals surface area contributed by atoms with Crippen LogP contribution in [-0.2, 0) is 11.3 Å². The van der Waals surface area contributed by atoms with Crippen LogP contribution in [0, 0.1) is 0 Å². The summed E-state index contributed by atoms with van der Waals surface area (Å²) in [4.78, 5) is 0. The predicted octanol–water partition coefficient (Wildman–Crippen LogP) is 1.66. The highest BCUT2D eigenvalue weighted by Gasteiger charge is 1.97. The number of halogens is 1. The van der Waals surface area contributed by atoms with Gasteiger partial charge in [0.1, 0.15) is 0 Å². The normalized spacial score (nSPS) is 10.4. The van der Waals surface area contributed by atoms with Gasteiger partial charge in [0, 0.05) is 20.2 Å². The number of methoxy groups -OCH3 is 1. The molecule has 0 amide bonds. The van der Waals surface area contributed by atoms with Crippen LogP contribution in [0.15, 0.2) is 18.2 Å². The van der Waals surface area contributed by atoms with Crippen LogP contribution in [0.3, 0.4) is 0 Å². The van der Waals surface area contributed by atoms with E-state index in [9.17, 15) is 0 Å². The van der Waals surface area contributed by atoms with E-state index in [1.807, 2.05) is 18.2 Å². The largest absolute Gasteiger partial charge is 0.398 e. The molecule has 0 heterocycles. The molecule has 0 aromatic heterocycles. The summed E-state index contributed by atoms with van der Waals surface area (Å²) in [5.41, 5.74) is 7.42. The Hall–Kier alpha value is -0.770. The van der Waals surface area contributed by atoms with Crippen molar-refractivity contribution < 1.29 is 4.74 Å². The Bertz CT molecular complexity index is 291. The molecule has 1 rings (SSSR count). The van der Waals surface area contributed by atoms with Gasteiger partial charge in [-0.25, -0.2) is 0 Å². The number of nitrogen functional groups attached to an aromatic ring is 1. The second kappa shape index (κ2) is 5.86. The van der Waals surface area contributed by atoms with Crippen molar-refractivity contribution in [2.75, 3.05) is 26.0 Å². The number of ether oxygens (including phenoxy) is 1. The van der Waals surface area contributed by atoms with E-state index in [0.717, 1.165) is 18.7 Å². The molecule has 3 N–H and O–H groups in total. The second-order valence-electron chi connectivity index (χ2n) is 3.03. The molecule has 0 radical (unpaired) electrons. The van der Waals surface area contributed by atoms with Crippen molar-refractivity contribution >= 4 is 17.3 Å². The van der Waals surface area contributed by atoms with E-state index in [2.05, 4.69) is 5.32 Å². The highest BCUT2D eigenvalue weighted by Crippen LogP contribution is 2.19. The average Bonchev–Trinajstić information content (AvgIpc) is 2.18. The molecule has 0 aliphatic rings. The molecule has 0 atom stereocenters. The number of benzene rings is 1. The van der Waals surface area contributed by atoms with Gasteiger partial charge < -0.3 is 15.8 Å². The lowest BCUT2D eigenvalue weighted by molar-refractivity contribution is 0.199. The molecule has 0 saturated carbocycles. The molecule has 1 aromatic carbocycles. The van der Waals surface area contributed by atoms with Crippen LogP contribution >= 0.6 is 11.6 Å². The molecule has 0 fully saturated rings. The van der Waals surface area contributed by atoms with Gasteiger partial charge in [0.2, 0.25) is 0 Å². The molecule has 0 unspecified atom stereocenters.